The van der Waals surface area contributed by atoms with E-state index in [1.165, 1.54) is 11.8 Å². The summed E-state index contributed by atoms with van der Waals surface area (Å²) in [7, 11) is -3.15. The van der Waals surface area contributed by atoms with Gasteiger partial charge in [-0.3, -0.25) is 4.68 Å². The van der Waals surface area contributed by atoms with Crippen LogP contribution in [0.2, 0.25) is 0 Å². The van der Waals surface area contributed by atoms with Gasteiger partial charge in [-0.2, -0.15) is 5.10 Å². The Hall–Kier alpha value is -2.97. The molecule has 0 bridgehead atoms. The topological polar surface area (TPSA) is 98.5 Å². The van der Waals surface area contributed by atoms with Crippen molar-refractivity contribution in [3.8, 4) is 22.4 Å². The molecule has 1 aromatic heterocycles. The van der Waals surface area contributed by atoms with E-state index < -0.39 is 15.8 Å². The molecule has 7 nitrogen and oxygen atoms in total. The summed E-state index contributed by atoms with van der Waals surface area (Å²) in [6.45, 7) is 3.02. The number of ether oxygens (including phenoxy) is 1. The van der Waals surface area contributed by atoms with Gasteiger partial charge in [0.1, 0.15) is 22.1 Å². The number of aliphatic carboxylic acids is 1. The van der Waals surface area contributed by atoms with Gasteiger partial charge in [0.2, 0.25) is 0 Å². The lowest BCUT2D eigenvalue weighted by atomic mass is 9.82. The number of carboxylic acids is 1. The molecule has 1 heterocycles. The Morgan fingerprint density at radius 3 is 2.27 bits per heavy atom. The molecule has 0 spiro atoms. The van der Waals surface area contributed by atoms with Crippen molar-refractivity contribution in [3.63, 3.8) is 0 Å². The van der Waals surface area contributed by atoms with Gasteiger partial charge >= 0.3 is 5.97 Å². The Labute approximate surface area is 219 Å². The average Bonchev–Trinajstić information content (AvgIpc) is 3.22. The minimum Gasteiger partial charge on any atom is -0.480 e. The van der Waals surface area contributed by atoms with Crippen molar-refractivity contribution in [2.75, 3.05) is 25.2 Å². The number of carboxylic acid groups (broad SMARTS) is 1. The van der Waals surface area contributed by atoms with Crippen LogP contribution >= 0.6 is 0 Å². The van der Waals surface area contributed by atoms with Crippen molar-refractivity contribution in [2.24, 2.45) is 11.8 Å². The van der Waals surface area contributed by atoms with Crippen molar-refractivity contribution in [3.05, 3.63) is 65.9 Å². The molecule has 1 fully saturated rings. The number of hydrogen-bond acceptors (Lipinski definition) is 5. The predicted octanol–water partition coefficient (Wildman–Crippen LogP) is 5.02. The molecule has 0 radical (unpaired) electrons. The summed E-state index contributed by atoms with van der Waals surface area (Å²) in [4.78, 5) is 10.7. The van der Waals surface area contributed by atoms with Gasteiger partial charge in [-0.15, -0.1) is 0 Å². The Bertz CT molecular complexity index is 1290. The van der Waals surface area contributed by atoms with Gasteiger partial charge in [-0.1, -0.05) is 60.2 Å². The van der Waals surface area contributed by atoms with Crippen LogP contribution in [-0.2, 0) is 32.3 Å². The number of benzene rings is 2. The van der Waals surface area contributed by atoms with Crippen LogP contribution in [0.4, 0.5) is 0 Å². The van der Waals surface area contributed by atoms with E-state index in [1.54, 1.807) is 0 Å². The third kappa shape index (κ3) is 7.52. The molecule has 8 heteroatoms. The summed E-state index contributed by atoms with van der Waals surface area (Å²) in [5.41, 5.74) is 6.06. The molecule has 198 valence electrons. The quantitative estimate of drug-likeness (QED) is 0.378. The standard InChI is InChI=1S/C29H36N2O5S/c1-21-8-14-25(15-9-21)29-28(24-6-4-3-5-7-24)26(16-17-37(2,34)35)31(30-29)18-22-10-12-23(13-11-22)19-36-20-27(32)33/h3-9,14-15,22-23H,10-13,16-20H2,1-2H3,(H,32,33)/t22-,23-. The lowest BCUT2D eigenvalue weighted by Crippen LogP contribution is -2.24. The molecular weight excluding hydrogens is 488 g/mol. The summed E-state index contributed by atoms with van der Waals surface area (Å²) >= 11 is 0. The molecule has 0 atom stereocenters. The Kier molecular flexibility index (Phi) is 8.82. The van der Waals surface area contributed by atoms with Crippen LogP contribution in [0.1, 0.15) is 36.9 Å². The number of carbonyl (C=O) groups is 1. The SMILES string of the molecule is Cc1ccc(-c2nn(C[C@H]3CC[C@H](COCC(=O)O)CC3)c(CCS(C)(=O)=O)c2-c2ccccc2)cc1. The van der Waals surface area contributed by atoms with Crippen molar-refractivity contribution in [1.82, 2.24) is 9.78 Å². The largest absolute Gasteiger partial charge is 0.480 e. The molecule has 4 rings (SSSR count). The first-order valence-electron chi connectivity index (χ1n) is 12.9. The monoisotopic (exact) mass is 524 g/mol. The molecule has 0 amide bonds. The lowest BCUT2D eigenvalue weighted by molar-refractivity contribution is -0.142. The third-order valence-corrected chi connectivity index (χ3v) is 8.08. The lowest BCUT2D eigenvalue weighted by Gasteiger charge is -2.28. The van der Waals surface area contributed by atoms with Gasteiger partial charge in [0.05, 0.1) is 12.4 Å². The highest BCUT2D eigenvalue weighted by molar-refractivity contribution is 7.90. The van der Waals surface area contributed by atoms with Crippen LogP contribution < -0.4 is 0 Å². The van der Waals surface area contributed by atoms with Crippen molar-refractivity contribution < 1.29 is 23.1 Å². The highest BCUT2D eigenvalue weighted by Crippen LogP contribution is 2.37. The van der Waals surface area contributed by atoms with Gasteiger partial charge < -0.3 is 9.84 Å². The maximum Gasteiger partial charge on any atom is 0.329 e. The minimum absolute atomic E-state index is 0.0690. The first-order valence-corrected chi connectivity index (χ1v) is 14.9. The molecule has 37 heavy (non-hydrogen) atoms. The molecule has 1 saturated carbocycles. The minimum atomic E-state index is -3.15. The summed E-state index contributed by atoms with van der Waals surface area (Å²) in [6, 6.07) is 18.4. The number of aryl methyl sites for hydroxylation is 1. The maximum absolute atomic E-state index is 12.2. The van der Waals surface area contributed by atoms with E-state index in [1.807, 2.05) is 18.2 Å². The van der Waals surface area contributed by atoms with Gasteiger partial charge in [0.15, 0.2) is 0 Å². The van der Waals surface area contributed by atoms with Gasteiger partial charge in [0, 0.05) is 36.0 Å². The second-order valence-corrected chi connectivity index (χ2v) is 12.5. The van der Waals surface area contributed by atoms with E-state index in [0.29, 0.717) is 24.9 Å². The number of rotatable bonds is 11. The maximum atomic E-state index is 12.2. The number of aromatic nitrogens is 2. The fourth-order valence-corrected chi connectivity index (χ4v) is 5.71. The molecule has 1 N–H and O–H groups in total. The van der Waals surface area contributed by atoms with E-state index in [9.17, 15) is 13.2 Å². The fourth-order valence-electron chi connectivity index (χ4n) is 5.14. The molecular formula is C29H36N2O5S. The average molecular weight is 525 g/mol. The number of hydrogen-bond donors (Lipinski definition) is 1. The zero-order chi connectivity index (χ0) is 26.4. The van der Waals surface area contributed by atoms with Crippen molar-refractivity contribution >= 4 is 15.8 Å². The zero-order valence-electron chi connectivity index (χ0n) is 21.6. The summed E-state index contributed by atoms with van der Waals surface area (Å²) in [5.74, 6) is -0.0740. The third-order valence-electron chi connectivity index (χ3n) is 7.13. The van der Waals surface area contributed by atoms with E-state index in [4.69, 9.17) is 14.9 Å². The Balaban J connectivity index is 1.64. The highest BCUT2D eigenvalue weighted by atomic mass is 32.2. The van der Waals surface area contributed by atoms with Crippen LogP contribution in [-0.4, -0.2) is 54.5 Å². The second kappa shape index (κ2) is 12.0. The molecule has 1 aliphatic rings. The zero-order valence-corrected chi connectivity index (χ0v) is 22.4. The summed E-state index contributed by atoms with van der Waals surface area (Å²) in [5, 5.41) is 13.9. The Morgan fingerprint density at radius 2 is 1.65 bits per heavy atom. The van der Waals surface area contributed by atoms with Crippen LogP contribution in [0.5, 0.6) is 0 Å². The molecule has 0 aliphatic heterocycles. The Morgan fingerprint density at radius 1 is 1.00 bits per heavy atom. The highest BCUT2D eigenvalue weighted by Gasteiger charge is 2.26. The molecule has 3 aromatic rings. The summed E-state index contributed by atoms with van der Waals surface area (Å²) in [6.07, 6.45) is 5.67. The first-order chi connectivity index (χ1) is 17.7. The van der Waals surface area contributed by atoms with E-state index in [2.05, 4.69) is 48.0 Å². The first kappa shape index (κ1) is 27.1. The van der Waals surface area contributed by atoms with Crippen molar-refractivity contribution in [1.29, 1.82) is 0 Å². The molecule has 2 aromatic carbocycles. The van der Waals surface area contributed by atoms with Gasteiger partial charge in [-0.25, -0.2) is 13.2 Å². The summed E-state index contributed by atoms with van der Waals surface area (Å²) < 4.78 is 31.7. The van der Waals surface area contributed by atoms with Crippen LogP contribution in [0, 0.1) is 18.8 Å². The van der Waals surface area contributed by atoms with Crippen molar-refractivity contribution in [2.45, 2.75) is 45.6 Å². The number of nitrogens with zero attached hydrogens (tertiary/aromatic N) is 2. The van der Waals surface area contributed by atoms with Crippen LogP contribution in [0.15, 0.2) is 54.6 Å². The van der Waals surface area contributed by atoms with Crippen LogP contribution in [0.3, 0.4) is 0 Å². The van der Waals surface area contributed by atoms with Crippen LogP contribution in [0.25, 0.3) is 22.4 Å². The predicted molar refractivity (Wildman–Crippen MR) is 145 cm³/mol. The fraction of sp³-hybridized carbons (Fsp3) is 0.448. The van der Waals surface area contributed by atoms with Gasteiger partial charge in [0.25, 0.3) is 0 Å². The molecule has 0 unspecified atom stereocenters. The van der Waals surface area contributed by atoms with E-state index in [0.717, 1.165) is 60.3 Å². The second-order valence-electron chi connectivity index (χ2n) is 10.3. The van der Waals surface area contributed by atoms with E-state index >= 15 is 0 Å². The smallest absolute Gasteiger partial charge is 0.329 e. The van der Waals surface area contributed by atoms with E-state index in [-0.39, 0.29) is 12.4 Å². The number of sulfone groups is 1. The molecule has 1 aliphatic carbocycles. The van der Waals surface area contributed by atoms with Gasteiger partial charge in [-0.05, 0) is 50.0 Å². The molecule has 0 saturated heterocycles. The normalized spacial score (nSPS) is 18.1.